The summed E-state index contributed by atoms with van der Waals surface area (Å²) in [5, 5.41) is 3.92. The predicted octanol–water partition coefficient (Wildman–Crippen LogP) is 3.57. The second-order valence-electron chi connectivity index (χ2n) is 4.56. The summed E-state index contributed by atoms with van der Waals surface area (Å²) in [5.41, 5.74) is 8.51. The lowest BCUT2D eigenvalue weighted by atomic mass is 10.3. The zero-order chi connectivity index (χ0) is 14.2. The van der Waals surface area contributed by atoms with Crippen LogP contribution >= 0.6 is 11.3 Å². The highest BCUT2D eigenvalue weighted by atomic mass is 32.1. The van der Waals surface area contributed by atoms with Crippen molar-refractivity contribution in [1.82, 2.24) is 15.0 Å². The maximum absolute atomic E-state index is 5.97. The second kappa shape index (κ2) is 4.68. The molecule has 0 amide bonds. The quantitative estimate of drug-likeness (QED) is 0.591. The lowest BCUT2D eigenvalue weighted by molar-refractivity contribution is 1.28. The fourth-order valence-electron chi connectivity index (χ4n) is 2.13. The van der Waals surface area contributed by atoms with E-state index in [0.717, 1.165) is 26.4 Å². The number of nitrogens with zero attached hydrogens (tertiary/aromatic N) is 3. The summed E-state index contributed by atoms with van der Waals surface area (Å²) in [4.78, 5) is 13.4. The van der Waals surface area contributed by atoms with Crippen LogP contribution in [0.5, 0.6) is 0 Å². The third kappa shape index (κ3) is 2.15. The number of anilines is 3. The van der Waals surface area contributed by atoms with E-state index in [-0.39, 0.29) is 0 Å². The van der Waals surface area contributed by atoms with Crippen LogP contribution in [0.2, 0.25) is 0 Å². The van der Waals surface area contributed by atoms with E-state index in [9.17, 15) is 0 Å². The number of aromatic nitrogens is 3. The number of hydrogen-bond acceptors (Lipinski definition) is 6. The molecule has 0 aliphatic rings. The minimum Gasteiger partial charge on any atom is -0.381 e. The number of para-hydroxylation sites is 3. The Hall–Kier alpha value is -2.73. The van der Waals surface area contributed by atoms with Crippen molar-refractivity contribution in [2.45, 2.75) is 0 Å². The van der Waals surface area contributed by atoms with E-state index in [1.165, 1.54) is 0 Å². The molecule has 6 heteroatoms. The number of nitrogens with two attached hydrogens (primary N) is 1. The van der Waals surface area contributed by atoms with Crippen LogP contribution in [-0.2, 0) is 0 Å². The molecular formula is C15H11N5S. The van der Waals surface area contributed by atoms with Gasteiger partial charge in [0.05, 0.1) is 21.3 Å². The molecular weight excluding hydrogens is 282 g/mol. The number of benzene rings is 2. The smallest absolute Gasteiger partial charge is 0.189 e. The summed E-state index contributed by atoms with van der Waals surface area (Å²) >= 11 is 1.56. The van der Waals surface area contributed by atoms with Crippen molar-refractivity contribution in [3.63, 3.8) is 0 Å². The first kappa shape index (κ1) is 12.0. The van der Waals surface area contributed by atoms with Gasteiger partial charge < -0.3 is 11.1 Å². The highest BCUT2D eigenvalue weighted by Gasteiger charge is 2.09. The SMILES string of the molecule is Nc1nc2ccccc2nc1Nc1nc2ccccc2s1. The highest BCUT2D eigenvalue weighted by Crippen LogP contribution is 2.29. The van der Waals surface area contributed by atoms with Gasteiger partial charge in [-0.15, -0.1) is 0 Å². The minimum atomic E-state index is 0.368. The Morgan fingerprint density at radius 2 is 1.48 bits per heavy atom. The number of rotatable bonds is 2. The normalized spacial score (nSPS) is 11.0. The molecule has 0 radical (unpaired) electrons. The van der Waals surface area contributed by atoms with E-state index in [0.29, 0.717) is 11.6 Å². The summed E-state index contributed by atoms with van der Waals surface area (Å²) in [6.45, 7) is 0. The number of fused-ring (bicyclic) bond motifs is 2. The Kier molecular flexibility index (Phi) is 2.68. The average Bonchev–Trinajstić information content (AvgIpc) is 2.90. The van der Waals surface area contributed by atoms with Crippen molar-refractivity contribution in [3.05, 3.63) is 48.5 Å². The zero-order valence-electron chi connectivity index (χ0n) is 10.9. The van der Waals surface area contributed by atoms with Gasteiger partial charge in [-0.2, -0.15) is 0 Å². The zero-order valence-corrected chi connectivity index (χ0v) is 11.8. The molecule has 2 aromatic heterocycles. The second-order valence-corrected chi connectivity index (χ2v) is 5.59. The van der Waals surface area contributed by atoms with Crippen molar-refractivity contribution in [1.29, 1.82) is 0 Å². The van der Waals surface area contributed by atoms with E-state index in [1.807, 2.05) is 48.5 Å². The van der Waals surface area contributed by atoms with E-state index in [4.69, 9.17) is 5.73 Å². The topological polar surface area (TPSA) is 76.7 Å². The molecule has 0 unspecified atom stereocenters. The van der Waals surface area contributed by atoms with Crippen molar-refractivity contribution in [2.75, 3.05) is 11.1 Å². The molecule has 0 saturated carbocycles. The molecule has 0 saturated heterocycles. The number of thiazole rings is 1. The fraction of sp³-hybridized carbons (Fsp3) is 0. The molecule has 3 N–H and O–H groups in total. The van der Waals surface area contributed by atoms with Crippen LogP contribution in [0.15, 0.2) is 48.5 Å². The molecule has 0 atom stereocenters. The van der Waals surface area contributed by atoms with Crippen molar-refractivity contribution >= 4 is 49.4 Å². The van der Waals surface area contributed by atoms with Crippen LogP contribution in [0.1, 0.15) is 0 Å². The molecule has 0 spiro atoms. The first-order valence-corrected chi connectivity index (χ1v) is 7.26. The molecule has 102 valence electrons. The van der Waals surface area contributed by atoms with Crippen LogP contribution in [0.25, 0.3) is 21.3 Å². The molecule has 0 aliphatic carbocycles. The van der Waals surface area contributed by atoms with Gasteiger partial charge in [0, 0.05) is 0 Å². The van der Waals surface area contributed by atoms with E-state index >= 15 is 0 Å². The molecule has 0 aliphatic heterocycles. The standard InChI is InChI=1S/C15H11N5S/c16-13-14(18-10-6-2-1-5-9(10)17-13)20-15-19-11-7-3-4-8-12(11)21-15/h1-8H,(H2,16,17)(H,18,19,20). The van der Waals surface area contributed by atoms with Gasteiger partial charge in [-0.25, -0.2) is 15.0 Å². The van der Waals surface area contributed by atoms with E-state index in [2.05, 4.69) is 20.3 Å². The van der Waals surface area contributed by atoms with Gasteiger partial charge in [-0.05, 0) is 24.3 Å². The van der Waals surface area contributed by atoms with E-state index in [1.54, 1.807) is 11.3 Å². The third-order valence-corrected chi connectivity index (χ3v) is 4.07. The molecule has 2 aromatic carbocycles. The average molecular weight is 293 g/mol. The van der Waals surface area contributed by atoms with Crippen molar-refractivity contribution < 1.29 is 0 Å². The lowest BCUT2D eigenvalue weighted by Gasteiger charge is -2.06. The van der Waals surface area contributed by atoms with Gasteiger partial charge in [0.25, 0.3) is 0 Å². The molecule has 4 aromatic rings. The van der Waals surface area contributed by atoms with Crippen molar-refractivity contribution in [2.24, 2.45) is 0 Å². The van der Waals surface area contributed by atoms with Gasteiger partial charge in [-0.1, -0.05) is 35.6 Å². The van der Waals surface area contributed by atoms with Gasteiger partial charge in [0.2, 0.25) is 0 Å². The summed E-state index contributed by atoms with van der Waals surface area (Å²) in [6.07, 6.45) is 0. The molecule has 2 heterocycles. The molecule has 21 heavy (non-hydrogen) atoms. The summed E-state index contributed by atoms with van der Waals surface area (Å²) in [5.74, 6) is 0.903. The lowest BCUT2D eigenvalue weighted by Crippen LogP contribution is -2.02. The Labute approximate surface area is 124 Å². The van der Waals surface area contributed by atoms with Gasteiger partial charge >= 0.3 is 0 Å². The first-order chi connectivity index (χ1) is 10.3. The number of nitrogen functional groups attached to an aromatic ring is 1. The van der Waals surface area contributed by atoms with Crippen LogP contribution in [0.3, 0.4) is 0 Å². The summed E-state index contributed by atoms with van der Waals surface area (Å²) in [7, 11) is 0. The van der Waals surface area contributed by atoms with Crippen LogP contribution in [-0.4, -0.2) is 15.0 Å². The van der Waals surface area contributed by atoms with Crippen molar-refractivity contribution in [3.8, 4) is 0 Å². The Balaban J connectivity index is 1.77. The highest BCUT2D eigenvalue weighted by molar-refractivity contribution is 7.22. The third-order valence-electron chi connectivity index (χ3n) is 3.12. The first-order valence-electron chi connectivity index (χ1n) is 6.44. The number of nitrogens with one attached hydrogen (secondary N) is 1. The predicted molar refractivity (Wildman–Crippen MR) is 86.9 cm³/mol. The van der Waals surface area contributed by atoms with E-state index < -0.39 is 0 Å². The Morgan fingerprint density at radius 3 is 2.24 bits per heavy atom. The summed E-state index contributed by atoms with van der Waals surface area (Å²) in [6, 6.07) is 15.6. The summed E-state index contributed by atoms with van der Waals surface area (Å²) < 4.78 is 1.12. The maximum atomic E-state index is 5.97. The van der Waals surface area contributed by atoms with Crippen LogP contribution in [0, 0.1) is 0 Å². The molecule has 5 nitrogen and oxygen atoms in total. The Morgan fingerprint density at radius 1 is 0.810 bits per heavy atom. The van der Waals surface area contributed by atoms with Gasteiger partial charge in [0.15, 0.2) is 16.8 Å². The monoisotopic (exact) mass is 293 g/mol. The molecule has 4 rings (SSSR count). The minimum absolute atomic E-state index is 0.368. The van der Waals surface area contributed by atoms with Gasteiger partial charge in [-0.3, -0.25) is 0 Å². The molecule has 0 fully saturated rings. The fourth-order valence-corrected chi connectivity index (χ4v) is 3.00. The molecule has 0 bridgehead atoms. The van der Waals surface area contributed by atoms with Crippen LogP contribution < -0.4 is 11.1 Å². The largest absolute Gasteiger partial charge is 0.381 e. The number of hydrogen-bond donors (Lipinski definition) is 2. The maximum Gasteiger partial charge on any atom is 0.189 e. The Bertz CT molecular complexity index is 914. The van der Waals surface area contributed by atoms with Crippen LogP contribution in [0.4, 0.5) is 16.8 Å². The van der Waals surface area contributed by atoms with Gasteiger partial charge in [0.1, 0.15) is 0 Å².